The highest BCUT2D eigenvalue weighted by atomic mass is 16.6. The van der Waals surface area contributed by atoms with Crippen molar-refractivity contribution in [3.05, 3.63) is 35.3 Å². The number of amides is 1. The van der Waals surface area contributed by atoms with E-state index in [1.807, 2.05) is 40.7 Å². The van der Waals surface area contributed by atoms with Crippen molar-refractivity contribution in [2.75, 3.05) is 10.6 Å². The molecule has 7 nitrogen and oxygen atoms in total. The number of carbonyl (C=O) groups excluding carboxylic acids is 1. The zero-order chi connectivity index (χ0) is 17.0. The van der Waals surface area contributed by atoms with Gasteiger partial charge in [0.25, 0.3) is 0 Å². The molecule has 1 amide bonds. The van der Waals surface area contributed by atoms with Gasteiger partial charge in [0.1, 0.15) is 11.4 Å². The second-order valence-electron chi connectivity index (χ2n) is 6.33. The van der Waals surface area contributed by atoms with Gasteiger partial charge in [-0.1, -0.05) is 0 Å². The molecule has 2 rings (SSSR count). The van der Waals surface area contributed by atoms with Gasteiger partial charge in [-0.05, 0) is 46.8 Å². The van der Waals surface area contributed by atoms with Crippen LogP contribution in [0.4, 0.5) is 16.3 Å². The van der Waals surface area contributed by atoms with E-state index in [4.69, 9.17) is 4.74 Å². The Hall–Kier alpha value is -2.57. The first-order chi connectivity index (χ1) is 10.7. The van der Waals surface area contributed by atoms with Crippen LogP contribution < -0.4 is 10.6 Å². The van der Waals surface area contributed by atoms with Gasteiger partial charge in [0, 0.05) is 17.8 Å². The summed E-state index contributed by atoms with van der Waals surface area (Å²) in [6.07, 6.45) is 1.15. The fraction of sp³-hybridized carbons (Fsp3) is 0.438. The van der Waals surface area contributed by atoms with Crippen molar-refractivity contribution in [1.29, 1.82) is 0 Å². The molecule has 0 aliphatic rings. The average Bonchev–Trinajstić information content (AvgIpc) is 2.75. The standard InChI is InChI=1S/C16H23N5O2/c1-10-13(11(2)21-20-10)9-17-12-6-7-14(18-8-12)19-15(22)23-16(3,4)5/h6-8,17H,9H2,1-5H3,(H,20,21)(H,18,19,22). The van der Waals surface area contributed by atoms with E-state index in [9.17, 15) is 4.79 Å². The first kappa shape index (κ1) is 16.8. The number of nitrogens with zero attached hydrogens (tertiary/aromatic N) is 2. The minimum atomic E-state index is -0.536. The van der Waals surface area contributed by atoms with E-state index >= 15 is 0 Å². The number of aromatic nitrogens is 3. The van der Waals surface area contributed by atoms with Gasteiger partial charge < -0.3 is 10.1 Å². The number of aromatic amines is 1. The second kappa shape index (κ2) is 6.68. The van der Waals surface area contributed by atoms with Gasteiger partial charge in [0.2, 0.25) is 0 Å². The maximum absolute atomic E-state index is 11.7. The lowest BCUT2D eigenvalue weighted by atomic mass is 10.2. The molecule has 124 valence electrons. The highest BCUT2D eigenvalue weighted by molar-refractivity contribution is 5.83. The second-order valence-corrected chi connectivity index (χ2v) is 6.33. The third-order valence-electron chi connectivity index (χ3n) is 3.14. The van der Waals surface area contributed by atoms with Gasteiger partial charge in [-0.3, -0.25) is 10.4 Å². The fourth-order valence-corrected chi connectivity index (χ4v) is 2.01. The molecular weight excluding hydrogens is 294 g/mol. The van der Waals surface area contributed by atoms with Crippen molar-refractivity contribution in [2.45, 2.75) is 46.8 Å². The Morgan fingerprint density at radius 3 is 2.57 bits per heavy atom. The number of anilines is 2. The van der Waals surface area contributed by atoms with Crippen LogP contribution in [0.1, 0.15) is 37.7 Å². The van der Waals surface area contributed by atoms with Crippen LogP contribution in [0.2, 0.25) is 0 Å². The number of H-pyrrole nitrogens is 1. The molecule has 2 aromatic heterocycles. The first-order valence-electron chi connectivity index (χ1n) is 7.45. The summed E-state index contributed by atoms with van der Waals surface area (Å²) in [5, 5.41) is 13.0. The lowest BCUT2D eigenvalue weighted by Crippen LogP contribution is -2.27. The summed E-state index contributed by atoms with van der Waals surface area (Å²) in [6, 6.07) is 3.58. The number of rotatable bonds is 4. The van der Waals surface area contributed by atoms with Crippen LogP contribution in [0.5, 0.6) is 0 Å². The average molecular weight is 317 g/mol. The van der Waals surface area contributed by atoms with Crippen LogP contribution in [0.15, 0.2) is 18.3 Å². The van der Waals surface area contributed by atoms with Crippen molar-refractivity contribution >= 4 is 17.6 Å². The third kappa shape index (κ3) is 4.98. The summed E-state index contributed by atoms with van der Waals surface area (Å²) in [5.41, 5.74) is 3.49. The third-order valence-corrected chi connectivity index (χ3v) is 3.14. The van der Waals surface area contributed by atoms with E-state index in [0.29, 0.717) is 12.4 Å². The molecule has 0 aliphatic heterocycles. The largest absolute Gasteiger partial charge is 0.444 e. The first-order valence-corrected chi connectivity index (χ1v) is 7.45. The quantitative estimate of drug-likeness (QED) is 0.804. The molecule has 3 N–H and O–H groups in total. The molecule has 2 aromatic rings. The number of pyridine rings is 1. The molecule has 0 saturated heterocycles. The molecule has 0 spiro atoms. The summed E-state index contributed by atoms with van der Waals surface area (Å²) < 4.78 is 5.18. The molecule has 0 unspecified atom stereocenters. The number of carbonyl (C=O) groups is 1. The monoisotopic (exact) mass is 317 g/mol. The molecule has 0 bridgehead atoms. The van der Waals surface area contributed by atoms with E-state index in [0.717, 1.165) is 22.6 Å². The van der Waals surface area contributed by atoms with E-state index < -0.39 is 11.7 Å². The van der Waals surface area contributed by atoms with Crippen LogP contribution >= 0.6 is 0 Å². The van der Waals surface area contributed by atoms with Gasteiger partial charge in [-0.2, -0.15) is 5.10 Å². The van der Waals surface area contributed by atoms with Crippen LogP contribution in [0.3, 0.4) is 0 Å². The predicted molar refractivity (Wildman–Crippen MR) is 89.5 cm³/mol. The zero-order valence-corrected chi connectivity index (χ0v) is 14.2. The van der Waals surface area contributed by atoms with E-state index in [1.54, 1.807) is 12.3 Å². The summed E-state index contributed by atoms with van der Waals surface area (Å²) >= 11 is 0. The summed E-state index contributed by atoms with van der Waals surface area (Å²) in [7, 11) is 0. The van der Waals surface area contributed by atoms with Crippen LogP contribution in [-0.4, -0.2) is 26.9 Å². The van der Waals surface area contributed by atoms with Crippen molar-refractivity contribution in [3.63, 3.8) is 0 Å². The number of aryl methyl sites for hydroxylation is 2. The number of hydrogen-bond donors (Lipinski definition) is 3. The Bertz CT molecular complexity index is 651. The number of nitrogens with one attached hydrogen (secondary N) is 3. The molecule has 0 atom stereocenters. The summed E-state index contributed by atoms with van der Waals surface area (Å²) in [5.74, 6) is 0.445. The molecule has 0 saturated carbocycles. The SMILES string of the molecule is Cc1n[nH]c(C)c1CNc1ccc(NC(=O)OC(C)(C)C)nc1. The summed E-state index contributed by atoms with van der Waals surface area (Å²) in [6.45, 7) is 10.1. The minimum absolute atomic E-state index is 0.445. The Labute approximate surface area is 135 Å². The lowest BCUT2D eigenvalue weighted by molar-refractivity contribution is 0.0635. The Balaban J connectivity index is 1.91. The van der Waals surface area contributed by atoms with Crippen LogP contribution in [-0.2, 0) is 11.3 Å². The van der Waals surface area contributed by atoms with Crippen molar-refractivity contribution in [2.24, 2.45) is 0 Å². The van der Waals surface area contributed by atoms with E-state index in [2.05, 4.69) is 25.8 Å². The zero-order valence-electron chi connectivity index (χ0n) is 14.2. The smallest absolute Gasteiger partial charge is 0.413 e. The summed E-state index contributed by atoms with van der Waals surface area (Å²) in [4.78, 5) is 15.9. The molecular formula is C16H23N5O2. The Morgan fingerprint density at radius 1 is 1.30 bits per heavy atom. The van der Waals surface area contributed by atoms with Gasteiger partial charge in [0.05, 0.1) is 17.6 Å². The topological polar surface area (TPSA) is 91.9 Å². The minimum Gasteiger partial charge on any atom is -0.444 e. The molecule has 23 heavy (non-hydrogen) atoms. The molecule has 0 fully saturated rings. The van der Waals surface area contributed by atoms with E-state index in [-0.39, 0.29) is 0 Å². The molecule has 0 aromatic carbocycles. The lowest BCUT2D eigenvalue weighted by Gasteiger charge is -2.19. The molecule has 2 heterocycles. The normalized spacial score (nSPS) is 11.2. The fourth-order valence-electron chi connectivity index (χ4n) is 2.01. The Morgan fingerprint density at radius 2 is 2.04 bits per heavy atom. The van der Waals surface area contributed by atoms with Gasteiger partial charge in [-0.25, -0.2) is 9.78 Å². The van der Waals surface area contributed by atoms with Crippen molar-refractivity contribution in [1.82, 2.24) is 15.2 Å². The predicted octanol–water partition coefficient (Wildman–Crippen LogP) is 3.38. The number of ether oxygens (including phenoxy) is 1. The van der Waals surface area contributed by atoms with Crippen LogP contribution in [0, 0.1) is 13.8 Å². The van der Waals surface area contributed by atoms with Gasteiger partial charge in [0.15, 0.2) is 0 Å². The van der Waals surface area contributed by atoms with Crippen molar-refractivity contribution in [3.8, 4) is 0 Å². The highest BCUT2D eigenvalue weighted by Gasteiger charge is 2.16. The van der Waals surface area contributed by atoms with Crippen molar-refractivity contribution < 1.29 is 9.53 Å². The maximum atomic E-state index is 11.7. The molecule has 0 aliphatic carbocycles. The van der Waals surface area contributed by atoms with Gasteiger partial charge in [-0.15, -0.1) is 0 Å². The highest BCUT2D eigenvalue weighted by Crippen LogP contribution is 2.15. The van der Waals surface area contributed by atoms with Crippen LogP contribution in [0.25, 0.3) is 0 Å². The number of hydrogen-bond acceptors (Lipinski definition) is 5. The van der Waals surface area contributed by atoms with Gasteiger partial charge >= 0.3 is 6.09 Å². The van der Waals surface area contributed by atoms with E-state index in [1.165, 1.54) is 0 Å². The maximum Gasteiger partial charge on any atom is 0.413 e. The molecule has 0 radical (unpaired) electrons. The Kier molecular flexibility index (Phi) is 4.88. The molecule has 7 heteroatoms.